The largest absolute Gasteiger partial charge is 0.316 e. The van der Waals surface area contributed by atoms with Crippen molar-refractivity contribution in [3.8, 4) is 5.69 Å². The molecular formula is C20H21N3. The normalized spacial score (nSPS) is 17.5. The van der Waals surface area contributed by atoms with Crippen LogP contribution in [-0.4, -0.2) is 22.9 Å². The molecule has 116 valence electrons. The van der Waals surface area contributed by atoms with Gasteiger partial charge in [-0.2, -0.15) is 5.10 Å². The van der Waals surface area contributed by atoms with Crippen molar-refractivity contribution in [2.45, 2.75) is 18.8 Å². The number of nitrogens with zero attached hydrogens (tertiary/aromatic N) is 2. The maximum atomic E-state index is 4.72. The van der Waals surface area contributed by atoms with Gasteiger partial charge in [-0.1, -0.05) is 48.5 Å². The van der Waals surface area contributed by atoms with E-state index in [0.717, 1.165) is 25.2 Å². The summed E-state index contributed by atoms with van der Waals surface area (Å²) in [5.41, 5.74) is 5.19. The van der Waals surface area contributed by atoms with E-state index in [9.17, 15) is 0 Å². The van der Waals surface area contributed by atoms with Gasteiger partial charge in [0.15, 0.2) is 0 Å². The molecule has 0 aliphatic carbocycles. The van der Waals surface area contributed by atoms with E-state index in [2.05, 4.69) is 70.7 Å². The SMILES string of the molecule is c1ccc(Cc2cnn(-c3ccccc3)c2C2CCNC2)cc1. The van der Waals surface area contributed by atoms with Gasteiger partial charge in [-0.05, 0) is 36.2 Å². The van der Waals surface area contributed by atoms with Crippen molar-refractivity contribution in [3.05, 3.63) is 83.7 Å². The number of para-hydroxylation sites is 1. The molecule has 3 nitrogen and oxygen atoms in total. The van der Waals surface area contributed by atoms with E-state index in [1.807, 2.05) is 6.20 Å². The fourth-order valence-electron chi connectivity index (χ4n) is 3.44. The summed E-state index contributed by atoms with van der Waals surface area (Å²) in [6.07, 6.45) is 4.17. The highest BCUT2D eigenvalue weighted by atomic mass is 15.3. The summed E-state index contributed by atoms with van der Waals surface area (Å²) in [4.78, 5) is 0. The summed E-state index contributed by atoms with van der Waals surface area (Å²) in [6, 6.07) is 21.1. The van der Waals surface area contributed by atoms with Crippen molar-refractivity contribution in [3.63, 3.8) is 0 Å². The zero-order valence-corrected chi connectivity index (χ0v) is 13.2. The van der Waals surface area contributed by atoms with Crippen molar-refractivity contribution < 1.29 is 0 Å². The Hall–Kier alpha value is -2.39. The first kappa shape index (κ1) is 14.2. The second-order valence-corrected chi connectivity index (χ2v) is 6.15. The van der Waals surface area contributed by atoms with Gasteiger partial charge in [0, 0.05) is 18.9 Å². The Morgan fingerprint density at radius 1 is 1.00 bits per heavy atom. The predicted octanol–water partition coefficient (Wildman–Crippen LogP) is 3.54. The van der Waals surface area contributed by atoms with Gasteiger partial charge in [-0.3, -0.25) is 0 Å². The van der Waals surface area contributed by atoms with E-state index in [1.54, 1.807) is 0 Å². The van der Waals surface area contributed by atoms with Crippen molar-refractivity contribution in [2.75, 3.05) is 13.1 Å². The van der Waals surface area contributed by atoms with Gasteiger partial charge >= 0.3 is 0 Å². The van der Waals surface area contributed by atoms with Crippen LogP contribution < -0.4 is 5.32 Å². The van der Waals surface area contributed by atoms with Gasteiger partial charge in [-0.25, -0.2) is 4.68 Å². The molecule has 0 saturated carbocycles. The van der Waals surface area contributed by atoms with Crippen LogP contribution in [0, 0.1) is 0 Å². The summed E-state index contributed by atoms with van der Waals surface area (Å²) in [7, 11) is 0. The molecule has 3 heteroatoms. The first-order valence-electron chi connectivity index (χ1n) is 8.28. The van der Waals surface area contributed by atoms with E-state index < -0.39 is 0 Å². The molecule has 1 fully saturated rings. The molecule has 2 aromatic carbocycles. The Bertz CT molecular complexity index is 756. The lowest BCUT2D eigenvalue weighted by molar-refractivity contribution is 0.677. The van der Waals surface area contributed by atoms with Crippen LogP contribution in [0.3, 0.4) is 0 Å². The van der Waals surface area contributed by atoms with Crippen LogP contribution in [0.4, 0.5) is 0 Å². The van der Waals surface area contributed by atoms with Crippen LogP contribution in [-0.2, 0) is 6.42 Å². The molecule has 0 spiro atoms. The van der Waals surface area contributed by atoms with Crippen LogP contribution in [0.1, 0.15) is 29.2 Å². The highest BCUT2D eigenvalue weighted by molar-refractivity contribution is 5.39. The smallest absolute Gasteiger partial charge is 0.0649 e. The first-order valence-corrected chi connectivity index (χ1v) is 8.28. The van der Waals surface area contributed by atoms with E-state index in [-0.39, 0.29) is 0 Å². The maximum absolute atomic E-state index is 4.72. The zero-order valence-electron chi connectivity index (χ0n) is 13.2. The van der Waals surface area contributed by atoms with Crippen LogP contribution in [0.2, 0.25) is 0 Å². The molecule has 1 aliphatic rings. The highest BCUT2D eigenvalue weighted by Crippen LogP contribution is 2.29. The molecule has 0 radical (unpaired) electrons. The van der Waals surface area contributed by atoms with Gasteiger partial charge in [0.05, 0.1) is 17.6 Å². The molecule has 3 aromatic rings. The summed E-state index contributed by atoms with van der Waals surface area (Å²) in [6.45, 7) is 2.13. The third kappa shape index (κ3) is 2.92. The van der Waals surface area contributed by atoms with Gasteiger partial charge in [0.2, 0.25) is 0 Å². The Kier molecular flexibility index (Phi) is 3.95. The number of hydrogen-bond acceptors (Lipinski definition) is 2. The standard InChI is InChI=1S/C20H21N3/c1-3-7-16(8-4-1)13-18-15-22-23(19-9-5-2-6-10-19)20(18)17-11-12-21-14-17/h1-10,15,17,21H,11-14H2. The molecule has 1 saturated heterocycles. The highest BCUT2D eigenvalue weighted by Gasteiger charge is 2.24. The van der Waals surface area contributed by atoms with Crippen LogP contribution in [0.25, 0.3) is 5.69 Å². The van der Waals surface area contributed by atoms with Crippen LogP contribution in [0.15, 0.2) is 66.9 Å². The summed E-state index contributed by atoms with van der Waals surface area (Å²) >= 11 is 0. The Morgan fingerprint density at radius 3 is 2.43 bits per heavy atom. The van der Waals surface area contributed by atoms with Crippen LogP contribution >= 0.6 is 0 Å². The number of rotatable bonds is 4. The molecule has 2 heterocycles. The number of hydrogen-bond donors (Lipinski definition) is 1. The summed E-state index contributed by atoms with van der Waals surface area (Å²) in [5, 5.41) is 8.21. The fourth-order valence-corrected chi connectivity index (χ4v) is 3.44. The molecule has 1 unspecified atom stereocenters. The molecule has 0 amide bonds. The minimum absolute atomic E-state index is 0.538. The molecule has 1 aromatic heterocycles. The number of nitrogens with one attached hydrogen (secondary N) is 1. The zero-order chi connectivity index (χ0) is 15.5. The van der Waals surface area contributed by atoms with Crippen LogP contribution in [0.5, 0.6) is 0 Å². The van der Waals surface area contributed by atoms with Gasteiger partial charge in [0.1, 0.15) is 0 Å². The van der Waals surface area contributed by atoms with E-state index in [4.69, 9.17) is 5.10 Å². The Morgan fingerprint density at radius 2 is 1.74 bits per heavy atom. The fraction of sp³-hybridized carbons (Fsp3) is 0.250. The monoisotopic (exact) mass is 303 g/mol. The van der Waals surface area contributed by atoms with Gasteiger partial charge in [-0.15, -0.1) is 0 Å². The lowest BCUT2D eigenvalue weighted by Crippen LogP contribution is -2.13. The van der Waals surface area contributed by atoms with Crippen molar-refractivity contribution in [1.29, 1.82) is 0 Å². The Balaban J connectivity index is 1.75. The minimum Gasteiger partial charge on any atom is -0.316 e. The summed E-state index contributed by atoms with van der Waals surface area (Å²) in [5.74, 6) is 0.538. The molecule has 1 N–H and O–H groups in total. The van der Waals surface area contributed by atoms with Crippen molar-refractivity contribution in [1.82, 2.24) is 15.1 Å². The summed E-state index contributed by atoms with van der Waals surface area (Å²) < 4.78 is 2.13. The average molecular weight is 303 g/mol. The van der Waals surface area contributed by atoms with Gasteiger partial charge < -0.3 is 5.32 Å². The third-order valence-electron chi connectivity index (χ3n) is 4.57. The predicted molar refractivity (Wildman–Crippen MR) is 93.0 cm³/mol. The molecule has 1 atom stereocenters. The lowest BCUT2D eigenvalue weighted by Gasteiger charge is -2.15. The van der Waals surface area contributed by atoms with Crippen molar-refractivity contribution in [2.24, 2.45) is 0 Å². The molecule has 23 heavy (non-hydrogen) atoms. The van der Waals surface area contributed by atoms with Crippen molar-refractivity contribution >= 4 is 0 Å². The first-order chi connectivity index (χ1) is 11.4. The quantitative estimate of drug-likeness (QED) is 0.799. The topological polar surface area (TPSA) is 29.9 Å². The molecule has 1 aliphatic heterocycles. The average Bonchev–Trinajstić information content (AvgIpc) is 3.26. The molecule has 0 bridgehead atoms. The van der Waals surface area contributed by atoms with E-state index >= 15 is 0 Å². The molecule has 4 rings (SSSR count). The third-order valence-corrected chi connectivity index (χ3v) is 4.57. The number of aromatic nitrogens is 2. The second kappa shape index (κ2) is 6.39. The maximum Gasteiger partial charge on any atom is 0.0649 e. The molecular weight excluding hydrogens is 282 g/mol. The second-order valence-electron chi connectivity index (χ2n) is 6.15. The van der Waals surface area contributed by atoms with E-state index in [0.29, 0.717) is 5.92 Å². The Labute approximate surface area is 137 Å². The van der Waals surface area contributed by atoms with Gasteiger partial charge in [0.25, 0.3) is 0 Å². The minimum atomic E-state index is 0.538. The number of benzene rings is 2. The lowest BCUT2D eigenvalue weighted by atomic mass is 9.96. The van der Waals surface area contributed by atoms with E-state index in [1.165, 1.54) is 23.2 Å².